The van der Waals surface area contributed by atoms with Crippen molar-refractivity contribution in [3.05, 3.63) is 35.9 Å². The summed E-state index contributed by atoms with van der Waals surface area (Å²) in [4.78, 5) is 32.2. The molecule has 1 aliphatic carbocycles. The van der Waals surface area contributed by atoms with Crippen LogP contribution in [0.2, 0.25) is 0 Å². The highest BCUT2D eigenvalue weighted by Gasteiger charge is 2.29. The van der Waals surface area contributed by atoms with Crippen LogP contribution in [0.15, 0.2) is 30.3 Å². The standard InChI is InChI=1S/C27H42N4O2/c32-26(21-23-11-14-31(15-12-23)27(33)25-9-5-2-6-10-25)28-13-16-29-17-19-30(20-18-29)22-24-7-3-1-4-8-24/h1,3-4,7-8,23,25H,2,5-6,9-22H2,(H,28,32). The van der Waals surface area contributed by atoms with Crippen molar-refractivity contribution in [2.24, 2.45) is 11.8 Å². The molecule has 2 saturated heterocycles. The highest BCUT2D eigenvalue weighted by atomic mass is 16.2. The lowest BCUT2D eigenvalue weighted by Crippen LogP contribution is -2.48. The first-order chi connectivity index (χ1) is 16.2. The number of piperidine rings is 1. The summed E-state index contributed by atoms with van der Waals surface area (Å²) in [5.74, 6) is 1.23. The van der Waals surface area contributed by atoms with E-state index in [1.54, 1.807) is 0 Å². The molecule has 2 amide bonds. The summed E-state index contributed by atoms with van der Waals surface area (Å²) in [6.07, 6.45) is 8.38. The lowest BCUT2D eigenvalue weighted by atomic mass is 9.87. The molecule has 1 N–H and O–H groups in total. The van der Waals surface area contributed by atoms with Gasteiger partial charge in [-0.05, 0) is 37.2 Å². The van der Waals surface area contributed by atoms with Crippen molar-refractivity contribution in [1.82, 2.24) is 20.0 Å². The maximum Gasteiger partial charge on any atom is 0.225 e. The fourth-order valence-corrected chi connectivity index (χ4v) is 5.67. The molecule has 2 heterocycles. The topological polar surface area (TPSA) is 55.9 Å². The first kappa shape index (κ1) is 24.2. The molecular formula is C27H42N4O2. The van der Waals surface area contributed by atoms with Crippen LogP contribution in [0.25, 0.3) is 0 Å². The van der Waals surface area contributed by atoms with E-state index < -0.39 is 0 Å². The van der Waals surface area contributed by atoms with Gasteiger partial charge in [0.25, 0.3) is 0 Å². The van der Waals surface area contributed by atoms with Gasteiger partial charge in [-0.3, -0.25) is 19.4 Å². The van der Waals surface area contributed by atoms with Gasteiger partial charge in [-0.15, -0.1) is 0 Å². The molecule has 6 heteroatoms. The molecular weight excluding hydrogens is 412 g/mol. The molecule has 0 spiro atoms. The molecule has 33 heavy (non-hydrogen) atoms. The second-order valence-corrected chi connectivity index (χ2v) is 10.3. The maximum absolute atomic E-state index is 12.7. The van der Waals surface area contributed by atoms with Crippen molar-refractivity contribution in [2.45, 2.75) is 57.9 Å². The summed E-state index contributed by atoms with van der Waals surface area (Å²) < 4.78 is 0. The lowest BCUT2D eigenvalue weighted by Gasteiger charge is -2.35. The Bertz CT molecular complexity index is 734. The van der Waals surface area contributed by atoms with E-state index in [4.69, 9.17) is 0 Å². The van der Waals surface area contributed by atoms with Crippen LogP contribution in [0.1, 0.15) is 56.9 Å². The first-order valence-corrected chi connectivity index (χ1v) is 13.2. The molecule has 0 bridgehead atoms. The number of amides is 2. The van der Waals surface area contributed by atoms with Gasteiger partial charge in [-0.25, -0.2) is 0 Å². The minimum Gasteiger partial charge on any atom is -0.355 e. The van der Waals surface area contributed by atoms with Crippen molar-refractivity contribution in [3.8, 4) is 0 Å². The van der Waals surface area contributed by atoms with Gasteiger partial charge in [0, 0.05) is 71.2 Å². The summed E-state index contributed by atoms with van der Waals surface area (Å²) in [6.45, 7) is 8.65. The van der Waals surface area contributed by atoms with Crippen LogP contribution in [0.3, 0.4) is 0 Å². The van der Waals surface area contributed by atoms with Crippen LogP contribution >= 0.6 is 0 Å². The molecule has 1 saturated carbocycles. The van der Waals surface area contributed by atoms with Gasteiger partial charge in [-0.1, -0.05) is 49.6 Å². The quantitative estimate of drug-likeness (QED) is 0.656. The van der Waals surface area contributed by atoms with E-state index in [0.29, 0.717) is 18.2 Å². The lowest BCUT2D eigenvalue weighted by molar-refractivity contribution is -0.138. The molecule has 0 atom stereocenters. The summed E-state index contributed by atoms with van der Waals surface area (Å²) in [7, 11) is 0. The van der Waals surface area contributed by atoms with Gasteiger partial charge in [0.15, 0.2) is 0 Å². The number of carbonyl (C=O) groups is 2. The number of hydrogen-bond acceptors (Lipinski definition) is 4. The van der Waals surface area contributed by atoms with E-state index in [0.717, 1.165) is 84.6 Å². The minimum atomic E-state index is 0.176. The van der Waals surface area contributed by atoms with E-state index in [9.17, 15) is 9.59 Å². The summed E-state index contributed by atoms with van der Waals surface area (Å²) in [6, 6.07) is 10.7. The Hall–Kier alpha value is -1.92. The number of nitrogens with one attached hydrogen (secondary N) is 1. The predicted molar refractivity (Wildman–Crippen MR) is 132 cm³/mol. The molecule has 3 aliphatic rings. The SMILES string of the molecule is O=C(CC1CCN(C(=O)C2CCCCC2)CC1)NCCN1CCN(Cc2ccccc2)CC1. The number of hydrogen-bond donors (Lipinski definition) is 1. The van der Waals surface area contributed by atoms with Crippen molar-refractivity contribution in [2.75, 3.05) is 52.4 Å². The zero-order valence-corrected chi connectivity index (χ0v) is 20.2. The Balaban J connectivity index is 1.06. The van der Waals surface area contributed by atoms with E-state index >= 15 is 0 Å². The van der Waals surface area contributed by atoms with Gasteiger partial charge >= 0.3 is 0 Å². The van der Waals surface area contributed by atoms with E-state index in [-0.39, 0.29) is 11.8 Å². The highest BCUT2D eigenvalue weighted by molar-refractivity contribution is 5.79. The van der Waals surface area contributed by atoms with E-state index in [1.807, 2.05) is 0 Å². The smallest absolute Gasteiger partial charge is 0.225 e. The fourth-order valence-electron chi connectivity index (χ4n) is 5.67. The van der Waals surface area contributed by atoms with Crippen molar-refractivity contribution >= 4 is 11.8 Å². The van der Waals surface area contributed by atoms with Gasteiger partial charge in [0.1, 0.15) is 0 Å². The Morgan fingerprint density at radius 1 is 0.818 bits per heavy atom. The maximum atomic E-state index is 12.7. The zero-order valence-electron chi connectivity index (χ0n) is 20.2. The molecule has 0 aromatic heterocycles. The second-order valence-electron chi connectivity index (χ2n) is 10.3. The number of piperazine rings is 1. The Kier molecular flexibility index (Phi) is 9.18. The molecule has 0 radical (unpaired) electrons. The second kappa shape index (κ2) is 12.5. The molecule has 1 aromatic carbocycles. The third-order valence-electron chi connectivity index (χ3n) is 7.82. The summed E-state index contributed by atoms with van der Waals surface area (Å²) in [5, 5.41) is 3.14. The van der Waals surface area contributed by atoms with Crippen LogP contribution in [0, 0.1) is 11.8 Å². The van der Waals surface area contributed by atoms with Crippen LogP contribution in [-0.4, -0.2) is 78.9 Å². The van der Waals surface area contributed by atoms with Crippen LogP contribution in [0.4, 0.5) is 0 Å². The molecule has 0 unspecified atom stereocenters. The monoisotopic (exact) mass is 454 g/mol. The Morgan fingerprint density at radius 3 is 2.18 bits per heavy atom. The highest BCUT2D eigenvalue weighted by Crippen LogP contribution is 2.28. The van der Waals surface area contributed by atoms with Crippen molar-refractivity contribution in [3.63, 3.8) is 0 Å². The predicted octanol–water partition coefficient (Wildman–Crippen LogP) is 3.13. The summed E-state index contributed by atoms with van der Waals surface area (Å²) >= 11 is 0. The summed E-state index contributed by atoms with van der Waals surface area (Å²) in [5.41, 5.74) is 1.38. The number of benzene rings is 1. The fraction of sp³-hybridized carbons (Fsp3) is 0.704. The molecule has 3 fully saturated rings. The number of carbonyl (C=O) groups excluding carboxylic acids is 2. The Morgan fingerprint density at radius 2 is 1.48 bits per heavy atom. The number of rotatable bonds is 8. The van der Waals surface area contributed by atoms with Gasteiger partial charge < -0.3 is 10.2 Å². The number of nitrogens with zero attached hydrogens (tertiary/aromatic N) is 3. The third-order valence-corrected chi connectivity index (χ3v) is 7.82. The van der Waals surface area contributed by atoms with E-state index in [1.165, 1.54) is 24.8 Å². The van der Waals surface area contributed by atoms with Crippen molar-refractivity contribution in [1.29, 1.82) is 0 Å². The molecule has 2 aliphatic heterocycles. The van der Waals surface area contributed by atoms with Crippen LogP contribution in [-0.2, 0) is 16.1 Å². The van der Waals surface area contributed by atoms with Gasteiger partial charge in [0.05, 0.1) is 0 Å². The first-order valence-electron chi connectivity index (χ1n) is 13.2. The molecule has 6 nitrogen and oxygen atoms in total. The molecule has 1 aromatic rings. The van der Waals surface area contributed by atoms with Crippen LogP contribution in [0.5, 0.6) is 0 Å². The zero-order chi connectivity index (χ0) is 22.9. The normalized spacial score (nSPS) is 21.8. The largest absolute Gasteiger partial charge is 0.355 e. The van der Waals surface area contributed by atoms with E-state index in [2.05, 4.69) is 50.3 Å². The molecule has 182 valence electrons. The molecule has 4 rings (SSSR count). The number of likely N-dealkylation sites (tertiary alicyclic amines) is 1. The Labute approximate surface area is 199 Å². The van der Waals surface area contributed by atoms with Crippen LogP contribution < -0.4 is 5.32 Å². The average Bonchev–Trinajstić information content (AvgIpc) is 2.86. The van der Waals surface area contributed by atoms with Crippen molar-refractivity contribution < 1.29 is 9.59 Å². The van der Waals surface area contributed by atoms with Gasteiger partial charge in [0.2, 0.25) is 11.8 Å². The van der Waals surface area contributed by atoms with Gasteiger partial charge in [-0.2, -0.15) is 0 Å². The third kappa shape index (κ3) is 7.54. The minimum absolute atomic E-state index is 0.176. The average molecular weight is 455 g/mol.